The normalized spacial score (nSPS) is 13.6. The van der Waals surface area contributed by atoms with Crippen LogP contribution in [0.3, 0.4) is 0 Å². The highest BCUT2D eigenvalue weighted by atomic mass is 14.8. The van der Waals surface area contributed by atoms with Crippen molar-refractivity contribution in [3.05, 3.63) is 168 Å². The first-order valence-electron chi connectivity index (χ1n) is 16.8. The van der Waals surface area contributed by atoms with Crippen molar-refractivity contribution in [1.29, 1.82) is 0 Å². The first-order valence-corrected chi connectivity index (χ1v) is 16.8. The largest absolute Gasteiger partial charge is 0.383 e. The first kappa shape index (κ1) is 29.0. The summed E-state index contributed by atoms with van der Waals surface area (Å²) in [4.78, 5) is 14.3. The molecule has 2 aromatic heterocycles. The van der Waals surface area contributed by atoms with Gasteiger partial charge in [0.15, 0.2) is 0 Å². The van der Waals surface area contributed by atoms with Crippen LogP contribution in [0.1, 0.15) is 36.1 Å². The van der Waals surface area contributed by atoms with Crippen molar-refractivity contribution in [3.8, 4) is 33.4 Å². The fourth-order valence-electron chi connectivity index (χ4n) is 7.68. The zero-order valence-corrected chi connectivity index (χ0v) is 27.5. The van der Waals surface area contributed by atoms with E-state index in [0.29, 0.717) is 12.4 Å². The van der Waals surface area contributed by atoms with Gasteiger partial charge in [0, 0.05) is 34.1 Å². The Morgan fingerprint density at radius 2 is 1.33 bits per heavy atom. The van der Waals surface area contributed by atoms with Crippen LogP contribution in [-0.2, 0) is 12.0 Å². The highest BCUT2D eigenvalue weighted by molar-refractivity contribution is 6.10. The lowest BCUT2D eigenvalue weighted by Gasteiger charge is -2.22. The Kier molecular flexibility index (Phi) is 6.66. The number of pyridine rings is 2. The summed E-state index contributed by atoms with van der Waals surface area (Å²) >= 11 is 0. The van der Waals surface area contributed by atoms with Gasteiger partial charge in [-0.25, -0.2) is 0 Å². The number of benzene rings is 6. The molecule has 0 saturated carbocycles. The van der Waals surface area contributed by atoms with Gasteiger partial charge in [-0.15, -0.1) is 0 Å². The van der Waals surface area contributed by atoms with E-state index >= 15 is 0 Å². The summed E-state index contributed by atoms with van der Waals surface area (Å²) in [6.07, 6.45) is 3.68. The molecular weight excluding hydrogens is 597 g/mol. The van der Waals surface area contributed by atoms with Gasteiger partial charge in [-0.1, -0.05) is 105 Å². The van der Waals surface area contributed by atoms with Crippen molar-refractivity contribution in [2.45, 2.75) is 25.8 Å². The van der Waals surface area contributed by atoms with Crippen molar-refractivity contribution < 1.29 is 0 Å². The summed E-state index contributed by atoms with van der Waals surface area (Å²) in [7, 11) is 0. The molecule has 2 N–H and O–H groups in total. The van der Waals surface area contributed by atoms with Crippen molar-refractivity contribution in [1.82, 2.24) is 9.97 Å². The van der Waals surface area contributed by atoms with Gasteiger partial charge >= 0.3 is 0 Å². The molecule has 234 valence electrons. The number of aromatic nitrogens is 2. The lowest BCUT2D eigenvalue weighted by Crippen LogP contribution is -2.15. The molecule has 2 heterocycles. The molecule has 0 radical (unpaired) electrons. The third-order valence-electron chi connectivity index (χ3n) is 10.2. The van der Waals surface area contributed by atoms with Crippen molar-refractivity contribution in [2.24, 2.45) is 10.7 Å². The fourth-order valence-corrected chi connectivity index (χ4v) is 7.68. The maximum atomic E-state index is 6.49. The third-order valence-corrected chi connectivity index (χ3v) is 10.2. The van der Waals surface area contributed by atoms with Crippen LogP contribution in [-0.4, -0.2) is 15.8 Å². The van der Waals surface area contributed by atoms with Crippen LogP contribution in [0.25, 0.3) is 66.0 Å². The SMILES string of the molecule is CC1(C)c2cc(-c3cc(CN=C(N)c4ccccc4)cc(-c4cc5cccnc5c5ncccc45)c3)ccc2-c2c1ccc1ccccc21. The summed E-state index contributed by atoms with van der Waals surface area (Å²) in [5.74, 6) is 0.531. The van der Waals surface area contributed by atoms with Crippen LogP contribution in [0.5, 0.6) is 0 Å². The van der Waals surface area contributed by atoms with E-state index in [0.717, 1.165) is 49.6 Å². The van der Waals surface area contributed by atoms with Gasteiger partial charge in [0.1, 0.15) is 5.84 Å². The quantitative estimate of drug-likeness (QED) is 0.117. The summed E-state index contributed by atoms with van der Waals surface area (Å²) in [6, 6.07) is 47.6. The monoisotopic (exact) mass is 630 g/mol. The Balaban J connectivity index is 1.23. The number of amidine groups is 1. The molecule has 0 amide bonds. The van der Waals surface area contributed by atoms with Gasteiger partial charge in [-0.3, -0.25) is 15.0 Å². The van der Waals surface area contributed by atoms with Crippen molar-refractivity contribution in [3.63, 3.8) is 0 Å². The van der Waals surface area contributed by atoms with Gasteiger partial charge < -0.3 is 5.73 Å². The number of nitrogens with two attached hydrogens (primary N) is 1. The van der Waals surface area contributed by atoms with E-state index in [9.17, 15) is 0 Å². The molecule has 0 aliphatic heterocycles. The molecule has 6 aromatic carbocycles. The second-order valence-electron chi connectivity index (χ2n) is 13.5. The molecule has 9 rings (SSSR count). The Morgan fingerprint density at radius 3 is 2.20 bits per heavy atom. The molecule has 0 spiro atoms. The second kappa shape index (κ2) is 11.2. The molecule has 49 heavy (non-hydrogen) atoms. The molecule has 0 unspecified atom stereocenters. The van der Waals surface area contributed by atoms with Crippen molar-refractivity contribution >= 4 is 38.4 Å². The molecule has 0 bridgehead atoms. The number of rotatable bonds is 5. The highest BCUT2D eigenvalue weighted by Gasteiger charge is 2.36. The smallest absolute Gasteiger partial charge is 0.125 e. The number of hydrogen-bond donors (Lipinski definition) is 1. The fraction of sp³-hybridized carbons (Fsp3) is 0.0889. The molecule has 8 aromatic rings. The van der Waals surface area contributed by atoms with Crippen LogP contribution in [0, 0.1) is 0 Å². The van der Waals surface area contributed by atoms with E-state index in [4.69, 9.17) is 20.7 Å². The van der Waals surface area contributed by atoms with E-state index in [1.807, 2.05) is 54.9 Å². The van der Waals surface area contributed by atoms with E-state index in [1.165, 1.54) is 38.6 Å². The minimum atomic E-state index is -0.132. The Bertz CT molecular complexity index is 2620. The average Bonchev–Trinajstić information content (AvgIpc) is 3.39. The maximum absolute atomic E-state index is 6.49. The first-order chi connectivity index (χ1) is 24.0. The minimum Gasteiger partial charge on any atom is -0.383 e. The summed E-state index contributed by atoms with van der Waals surface area (Å²) < 4.78 is 0. The summed E-state index contributed by atoms with van der Waals surface area (Å²) in [6.45, 7) is 5.16. The molecule has 1 aliphatic carbocycles. The van der Waals surface area contributed by atoms with Crippen LogP contribution in [0.2, 0.25) is 0 Å². The third kappa shape index (κ3) is 4.79. The van der Waals surface area contributed by atoms with E-state index in [-0.39, 0.29) is 5.41 Å². The van der Waals surface area contributed by atoms with E-state index in [1.54, 1.807) is 0 Å². The number of nitrogens with zero attached hydrogens (tertiary/aromatic N) is 3. The van der Waals surface area contributed by atoms with Crippen LogP contribution in [0.15, 0.2) is 151 Å². The maximum Gasteiger partial charge on any atom is 0.125 e. The molecule has 1 aliphatic rings. The highest BCUT2D eigenvalue weighted by Crippen LogP contribution is 2.52. The van der Waals surface area contributed by atoms with Gasteiger partial charge in [0.25, 0.3) is 0 Å². The van der Waals surface area contributed by atoms with Gasteiger partial charge in [0.2, 0.25) is 0 Å². The minimum absolute atomic E-state index is 0.132. The topological polar surface area (TPSA) is 64.2 Å². The van der Waals surface area contributed by atoms with Crippen LogP contribution in [0.4, 0.5) is 0 Å². The zero-order valence-electron chi connectivity index (χ0n) is 27.5. The Labute approximate surface area is 285 Å². The van der Waals surface area contributed by atoms with Gasteiger partial charge in [-0.05, 0) is 103 Å². The van der Waals surface area contributed by atoms with E-state index < -0.39 is 0 Å². The van der Waals surface area contributed by atoms with Gasteiger partial charge in [-0.2, -0.15) is 0 Å². The number of fused-ring (bicyclic) bond motifs is 8. The number of aliphatic imine (C=N–C) groups is 1. The summed E-state index contributed by atoms with van der Waals surface area (Å²) in [5, 5.41) is 4.71. The lowest BCUT2D eigenvalue weighted by molar-refractivity contribution is 0.661. The molecule has 0 saturated heterocycles. The molecule has 0 atom stereocenters. The van der Waals surface area contributed by atoms with Crippen LogP contribution >= 0.6 is 0 Å². The van der Waals surface area contributed by atoms with E-state index in [2.05, 4.69) is 105 Å². The average molecular weight is 631 g/mol. The lowest BCUT2D eigenvalue weighted by atomic mass is 9.81. The molecule has 4 heteroatoms. The van der Waals surface area contributed by atoms with Gasteiger partial charge in [0.05, 0.1) is 17.6 Å². The Hall–Kier alpha value is -6.13. The molecule has 4 nitrogen and oxygen atoms in total. The molecular formula is C45H34N4. The Morgan fingerprint density at radius 1 is 0.592 bits per heavy atom. The second-order valence-corrected chi connectivity index (χ2v) is 13.5. The summed E-state index contributed by atoms with van der Waals surface area (Å²) in [5.41, 5.74) is 20.1. The predicted octanol–water partition coefficient (Wildman–Crippen LogP) is 10.5. The predicted molar refractivity (Wildman–Crippen MR) is 204 cm³/mol. The standard InChI is InChI=1S/C45H34N4/c1-45(2)39-19-17-29-10-6-7-14-35(29)41(39)37-18-16-31(26-40(37)45)33-22-28(27-49-44(46)30-11-4-3-5-12-30)23-34(24-33)38-25-32-13-8-20-47-42(32)43-36(38)15-9-21-48-43/h3-26H,27H2,1-2H3,(H2,46,49). The number of hydrogen-bond acceptors (Lipinski definition) is 3. The molecule has 0 fully saturated rings. The van der Waals surface area contributed by atoms with Crippen LogP contribution < -0.4 is 5.73 Å². The zero-order chi connectivity index (χ0) is 33.1. The van der Waals surface area contributed by atoms with Crippen molar-refractivity contribution in [2.75, 3.05) is 0 Å².